The molecule has 1 unspecified atom stereocenters. The molecular weight excluding hydrogens is 242 g/mol. The maximum absolute atomic E-state index is 12.2. The molecule has 1 aromatic carbocycles. The van der Waals surface area contributed by atoms with Crippen LogP contribution in [0.25, 0.3) is 10.9 Å². The summed E-state index contributed by atoms with van der Waals surface area (Å²) in [5, 5.41) is 1.05. The van der Waals surface area contributed by atoms with Gasteiger partial charge in [-0.3, -0.25) is 14.2 Å². The number of carbonyl (C=O) groups is 2. The van der Waals surface area contributed by atoms with Crippen molar-refractivity contribution in [2.24, 2.45) is 0 Å². The molecule has 0 saturated heterocycles. The minimum atomic E-state index is -0.317. The molecule has 0 amide bonds. The first-order valence-corrected chi connectivity index (χ1v) is 6.40. The molecule has 2 heterocycles. The van der Waals surface area contributed by atoms with Crippen LogP contribution < -0.4 is 0 Å². The van der Waals surface area contributed by atoms with Crippen LogP contribution in [0, 0.1) is 6.92 Å². The first-order valence-electron chi connectivity index (χ1n) is 6.40. The summed E-state index contributed by atoms with van der Waals surface area (Å²) in [4.78, 5) is 23.4. The molecule has 0 fully saturated rings. The highest BCUT2D eigenvalue weighted by molar-refractivity contribution is 5.97. The summed E-state index contributed by atoms with van der Waals surface area (Å²) in [5.74, 6) is -0.238. The van der Waals surface area contributed by atoms with Gasteiger partial charge in [0, 0.05) is 18.7 Å². The van der Waals surface area contributed by atoms with E-state index in [2.05, 4.69) is 0 Å². The zero-order valence-corrected chi connectivity index (χ0v) is 11.0. The van der Waals surface area contributed by atoms with Gasteiger partial charge in [0.05, 0.1) is 11.2 Å². The number of rotatable bonds is 1. The summed E-state index contributed by atoms with van der Waals surface area (Å²) < 4.78 is 7.07. The van der Waals surface area contributed by atoms with Gasteiger partial charge in [-0.15, -0.1) is 0 Å². The minimum Gasteiger partial charge on any atom is -0.456 e. The van der Waals surface area contributed by atoms with E-state index in [0.29, 0.717) is 12.8 Å². The smallest absolute Gasteiger partial charge is 0.303 e. The second kappa shape index (κ2) is 4.23. The molecule has 0 radical (unpaired) electrons. The number of fused-ring (bicyclic) bond motifs is 3. The van der Waals surface area contributed by atoms with E-state index in [0.717, 1.165) is 22.2 Å². The molecule has 2 aromatic rings. The van der Waals surface area contributed by atoms with Crippen molar-refractivity contribution in [1.29, 1.82) is 0 Å². The van der Waals surface area contributed by atoms with Crippen LogP contribution in [0.1, 0.15) is 41.9 Å². The molecule has 3 rings (SSSR count). The van der Waals surface area contributed by atoms with Gasteiger partial charge in [-0.05, 0) is 25.0 Å². The van der Waals surface area contributed by atoms with Crippen molar-refractivity contribution >= 4 is 22.8 Å². The van der Waals surface area contributed by atoms with Crippen LogP contribution in [0.5, 0.6) is 0 Å². The van der Waals surface area contributed by atoms with Crippen LogP contribution in [0.15, 0.2) is 24.3 Å². The van der Waals surface area contributed by atoms with E-state index in [-0.39, 0.29) is 18.0 Å². The fourth-order valence-corrected chi connectivity index (χ4v) is 2.89. The Balaban J connectivity index is 2.27. The summed E-state index contributed by atoms with van der Waals surface area (Å²) in [6, 6.07) is 7.79. The molecule has 1 aliphatic heterocycles. The predicted octanol–water partition coefficient (Wildman–Crippen LogP) is 2.99. The average Bonchev–Trinajstić information content (AvgIpc) is 2.68. The van der Waals surface area contributed by atoms with E-state index in [1.54, 1.807) is 4.57 Å². The number of aryl methyl sites for hydroxylation is 1. The maximum atomic E-state index is 12.2. The van der Waals surface area contributed by atoms with Crippen molar-refractivity contribution in [3.8, 4) is 0 Å². The lowest BCUT2D eigenvalue weighted by molar-refractivity contribution is -0.147. The Hall–Kier alpha value is -2.10. The van der Waals surface area contributed by atoms with E-state index < -0.39 is 0 Å². The molecule has 19 heavy (non-hydrogen) atoms. The summed E-state index contributed by atoms with van der Waals surface area (Å²) in [7, 11) is 0. The number of aromatic nitrogens is 1. The van der Waals surface area contributed by atoms with E-state index in [4.69, 9.17) is 4.74 Å². The SMILES string of the molecule is CC(=O)OC1CCC(=O)n2c1c(C)c1ccccc12. The number of hydrogen-bond donors (Lipinski definition) is 0. The number of ether oxygens (including phenoxy) is 1. The minimum absolute atomic E-state index is 0.0719. The molecule has 1 aliphatic rings. The number of nitrogens with zero attached hydrogens (tertiary/aromatic N) is 1. The van der Waals surface area contributed by atoms with Crippen molar-refractivity contribution in [1.82, 2.24) is 4.57 Å². The topological polar surface area (TPSA) is 48.3 Å². The first kappa shape index (κ1) is 12.0. The summed E-state index contributed by atoms with van der Waals surface area (Å²) in [6.45, 7) is 3.38. The number of hydrogen-bond acceptors (Lipinski definition) is 3. The van der Waals surface area contributed by atoms with Crippen LogP contribution in [-0.2, 0) is 9.53 Å². The Morgan fingerprint density at radius 1 is 1.37 bits per heavy atom. The Kier molecular flexibility index (Phi) is 2.66. The van der Waals surface area contributed by atoms with Crippen LogP contribution >= 0.6 is 0 Å². The second-order valence-electron chi connectivity index (χ2n) is 4.89. The van der Waals surface area contributed by atoms with E-state index >= 15 is 0 Å². The van der Waals surface area contributed by atoms with Crippen molar-refractivity contribution < 1.29 is 14.3 Å². The lowest BCUT2D eigenvalue weighted by Gasteiger charge is -2.24. The van der Waals surface area contributed by atoms with Crippen molar-refractivity contribution in [3.63, 3.8) is 0 Å². The standard InChI is InChI=1S/C15H15NO3/c1-9-11-5-3-4-6-12(11)16-14(18)8-7-13(15(9)16)19-10(2)17/h3-6,13H,7-8H2,1-2H3. The second-order valence-corrected chi connectivity index (χ2v) is 4.89. The highest BCUT2D eigenvalue weighted by Gasteiger charge is 2.31. The van der Waals surface area contributed by atoms with Gasteiger partial charge in [-0.2, -0.15) is 0 Å². The molecule has 1 atom stereocenters. The Labute approximate surface area is 111 Å². The fourth-order valence-electron chi connectivity index (χ4n) is 2.89. The summed E-state index contributed by atoms with van der Waals surface area (Å²) in [5.41, 5.74) is 2.75. The fraction of sp³-hybridized carbons (Fsp3) is 0.333. The summed E-state index contributed by atoms with van der Waals surface area (Å²) in [6.07, 6.45) is 0.654. The molecular formula is C15H15NO3. The van der Waals surface area contributed by atoms with Gasteiger partial charge in [-0.25, -0.2) is 0 Å². The Morgan fingerprint density at radius 2 is 2.11 bits per heavy atom. The third kappa shape index (κ3) is 1.75. The quantitative estimate of drug-likeness (QED) is 0.738. The molecule has 98 valence electrons. The van der Waals surface area contributed by atoms with Gasteiger partial charge in [0.2, 0.25) is 5.91 Å². The van der Waals surface area contributed by atoms with Crippen LogP contribution in [0.2, 0.25) is 0 Å². The number of carbonyl (C=O) groups excluding carboxylic acids is 2. The molecule has 0 saturated carbocycles. The zero-order valence-electron chi connectivity index (χ0n) is 11.0. The van der Waals surface area contributed by atoms with Crippen molar-refractivity contribution in [2.45, 2.75) is 32.8 Å². The van der Waals surface area contributed by atoms with Crippen LogP contribution in [-0.4, -0.2) is 16.4 Å². The summed E-state index contributed by atoms with van der Waals surface area (Å²) >= 11 is 0. The van der Waals surface area contributed by atoms with Gasteiger partial charge >= 0.3 is 5.97 Å². The monoisotopic (exact) mass is 257 g/mol. The van der Waals surface area contributed by atoms with E-state index in [1.165, 1.54) is 6.92 Å². The maximum Gasteiger partial charge on any atom is 0.303 e. The van der Waals surface area contributed by atoms with Gasteiger partial charge in [-0.1, -0.05) is 18.2 Å². The lowest BCUT2D eigenvalue weighted by Crippen LogP contribution is -2.25. The number of benzene rings is 1. The van der Waals surface area contributed by atoms with Gasteiger partial charge < -0.3 is 4.74 Å². The Morgan fingerprint density at radius 3 is 2.84 bits per heavy atom. The van der Waals surface area contributed by atoms with Gasteiger partial charge in [0.1, 0.15) is 6.10 Å². The van der Waals surface area contributed by atoms with Crippen molar-refractivity contribution in [3.05, 3.63) is 35.5 Å². The zero-order chi connectivity index (χ0) is 13.6. The molecule has 0 bridgehead atoms. The Bertz CT molecular complexity index is 684. The van der Waals surface area contributed by atoms with Crippen molar-refractivity contribution in [2.75, 3.05) is 0 Å². The third-order valence-corrected chi connectivity index (χ3v) is 3.66. The third-order valence-electron chi connectivity index (χ3n) is 3.66. The predicted molar refractivity (Wildman–Crippen MR) is 71.0 cm³/mol. The van der Waals surface area contributed by atoms with E-state index in [1.807, 2.05) is 31.2 Å². The molecule has 4 nitrogen and oxygen atoms in total. The van der Waals surface area contributed by atoms with Crippen LogP contribution in [0.3, 0.4) is 0 Å². The molecule has 0 spiro atoms. The first-order chi connectivity index (χ1) is 9.09. The molecule has 1 aromatic heterocycles. The lowest BCUT2D eigenvalue weighted by atomic mass is 10.0. The number of esters is 1. The largest absolute Gasteiger partial charge is 0.456 e. The highest BCUT2D eigenvalue weighted by atomic mass is 16.5. The molecule has 0 aliphatic carbocycles. The normalized spacial score (nSPS) is 18.4. The molecule has 0 N–H and O–H groups in total. The van der Waals surface area contributed by atoms with Gasteiger partial charge in [0.25, 0.3) is 0 Å². The molecule has 4 heteroatoms. The average molecular weight is 257 g/mol. The van der Waals surface area contributed by atoms with E-state index in [9.17, 15) is 9.59 Å². The van der Waals surface area contributed by atoms with Gasteiger partial charge in [0.15, 0.2) is 0 Å². The number of para-hydroxylation sites is 1. The highest BCUT2D eigenvalue weighted by Crippen LogP contribution is 2.37. The van der Waals surface area contributed by atoms with Crippen LogP contribution in [0.4, 0.5) is 0 Å².